The molecule has 20 nitrogen and oxygen atoms in total. The number of rotatable bonds is 12. The average molecular weight is 1000 g/mol. The number of piperidine rings is 2. The molecule has 6 aromatic rings. The molecule has 0 radical (unpaired) electrons. The number of nitrogens with zero attached hydrogens (tertiary/aromatic N) is 7. The van der Waals surface area contributed by atoms with Crippen LogP contribution in [-0.2, 0) is 9.59 Å². The number of halogens is 1. The summed E-state index contributed by atoms with van der Waals surface area (Å²) in [5, 5.41) is 8.40. The molecule has 0 unspecified atom stereocenters. The molecule has 0 aliphatic carbocycles. The number of likely N-dealkylation sites (tertiary alicyclic amines) is 1. The SMILES string of the molecule is C.C=CC(=O)Cl.C=CC(=O)N1CCCC[C@H]1c1nc(-c2ccc(C(=O)Nc3cc(C)ccn3)cc2)c(C(N)=O)n1N.Cc1ccnc(NC(=O)c2ccc(-c3nc([C@@H]4CCCCN4)n(N)c3C(N)=O)cc2)c1. The first-order chi connectivity index (χ1) is 34.0. The Bertz CT molecular complexity index is 2960. The number of allylic oxidation sites excluding steroid dienone is 1. The lowest BCUT2D eigenvalue weighted by Gasteiger charge is -2.34. The Kier molecular flexibility index (Phi) is 18.8. The molecule has 2 saturated heterocycles. The zero-order chi connectivity index (χ0) is 51.4. The number of anilines is 2. The van der Waals surface area contributed by atoms with Crippen LogP contribution in [0.2, 0.25) is 0 Å². The Morgan fingerprint density at radius 2 is 1.14 bits per heavy atom. The van der Waals surface area contributed by atoms with E-state index < -0.39 is 23.1 Å². The minimum absolute atomic E-state index is 0. The van der Waals surface area contributed by atoms with Crippen LogP contribution >= 0.6 is 11.6 Å². The Balaban J connectivity index is 0.000000243. The van der Waals surface area contributed by atoms with E-state index >= 15 is 0 Å². The van der Waals surface area contributed by atoms with Gasteiger partial charge in [0.25, 0.3) is 23.6 Å². The van der Waals surface area contributed by atoms with Crippen molar-refractivity contribution in [3.05, 3.63) is 156 Å². The highest BCUT2D eigenvalue weighted by Crippen LogP contribution is 2.34. The van der Waals surface area contributed by atoms with Gasteiger partial charge < -0.3 is 44.0 Å². The number of aromatic nitrogens is 6. The summed E-state index contributed by atoms with van der Waals surface area (Å²) in [6.45, 7) is 11.9. The van der Waals surface area contributed by atoms with Crippen LogP contribution in [0, 0.1) is 13.8 Å². The number of nitrogens with two attached hydrogens (primary N) is 4. The molecule has 0 spiro atoms. The van der Waals surface area contributed by atoms with Crippen LogP contribution in [0.5, 0.6) is 0 Å². The standard InChI is InChI=1S/C25H27N7O3.C22H25N7O2.C3H3ClO.CH4/c1-3-20(33)31-13-5-4-6-18(31)24-30-21(22(23(26)34)32(24)27)16-7-9-17(10-8-16)25(35)29-19-14-15(2)11-12-28-19;1-13-9-11-26-17(12-13)27-22(31)15-7-5-14(6-8-15)18-19(20(23)30)29(24)21(28-18)16-4-2-3-10-25-16;1-2-3(4)5;/h3,7-12,14,18H,1,4-6,13,27H2,2H3,(H2,26,34)(H,28,29,35);5-9,11-12,16,25H,2-4,10,24H2,1H3,(H2,23,30)(H,26,27,31);2H,1H2;1H4/t18-;16-;;/m00../s1. The van der Waals surface area contributed by atoms with Crippen LogP contribution in [0.4, 0.5) is 11.6 Å². The van der Waals surface area contributed by atoms with Crippen LogP contribution < -0.4 is 39.1 Å². The van der Waals surface area contributed by atoms with E-state index in [9.17, 15) is 28.8 Å². The van der Waals surface area contributed by atoms with Gasteiger partial charge in [0, 0.05) is 41.2 Å². The summed E-state index contributed by atoms with van der Waals surface area (Å²) in [7, 11) is 0. The Labute approximate surface area is 421 Å². The van der Waals surface area contributed by atoms with Crippen LogP contribution in [0.1, 0.15) is 123 Å². The first-order valence-electron chi connectivity index (χ1n) is 22.5. The number of hydrogen-bond acceptors (Lipinski definition) is 13. The smallest absolute Gasteiger partial charge is 0.269 e. The minimum Gasteiger partial charge on any atom is -0.364 e. The maximum absolute atomic E-state index is 12.6. The van der Waals surface area contributed by atoms with Gasteiger partial charge in [-0.15, -0.1) is 0 Å². The number of carbonyl (C=O) groups excluding carboxylic acids is 6. The summed E-state index contributed by atoms with van der Waals surface area (Å²) < 4.78 is 2.45. The molecule has 2 aliphatic heterocycles. The third-order valence-corrected chi connectivity index (χ3v) is 11.7. The van der Waals surface area contributed by atoms with E-state index in [0.717, 1.165) is 55.9 Å². The van der Waals surface area contributed by atoms with E-state index in [-0.39, 0.29) is 42.6 Å². The lowest BCUT2D eigenvalue weighted by atomic mass is 10.0. The summed E-state index contributed by atoms with van der Waals surface area (Å²) in [6, 6.07) is 20.2. The van der Waals surface area contributed by atoms with Crippen molar-refractivity contribution in [2.75, 3.05) is 35.4 Å². The van der Waals surface area contributed by atoms with E-state index in [1.165, 1.54) is 15.4 Å². The van der Waals surface area contributed by atoms with Crippen molar-refractivity contribution in [3.8, 4) is 22.5 Å². The molecule has 2 fully saturated rings. The van der Waals surface area contributed by atoms with Gasteiger partial charge in [-0.1, -0.05) is 51.3 Å². The van der Waals surface area contributed by atoms with Gasteiger partial charge in [0.15, 0.2) is 17.2 Å². The quantitative estimate of drug-likeness (QED) is 0.0405. The number of aryl methyl sites for hydroxylation is 2. The summed E-state index contributed by atoms with van der Waals surface area (Å²) in [5.41, 5.74) is 16.2. The highest BCUT2D eigenvalue weighted by molar-refractivity contribution is 6.66. The van der Waals surface area contributed by atoms with E-state index in [0.29, 0.717) is 69.9 Å². The fraction of sp³-hybridized carbons (Fsp3) is 0.255. The molecule has 11 N–H and O–H groups in total. The maximum Gasteiger partial charge on any atom is 0.269 e. The van der Waals surface area contributed by atoms with Crippen molar-refractivity contribution in [1.82, 2.24) is 39.5 Å². The molecule has 4 aromatic heterocycles. The molecule has 2 aromatic carbocycles. The third-order valence-electron chi connectivity index (χ3n) is 11.5. The molecular weight excluding hydrogens is 940 g/mol. The molecule has 5 amide bonds. The number of nitrogens with one attached hydrogen (secondary N) is 3. The van der Waals surface area contributed by atoms with Crippen molar-refractivity contribution in [2.24, 2.45) is 11.5 Å². The lowest BCUT2D eigenvalue weighted by molar-refractivity contribution is -0.130. The average Bonchev–Trinajstić information content (AvgIpc) is 3.91. The molecule has 72 heavy (non-hydrogen) atoms. The fourth-order valence-electron chi connectivity index (χ4n) is 8.05. The van der Waals surface area contributed by atoms with Crippen LogP contribution in [0.3, 0.4) is 0 Å². The second-order valence-electron chi connectivity index (χ2n) is 16.6. The topological polar surface area (TPSA) is 307 Å². The van der Waals surface area contributed by atoms with E-state index in [1.54, 1.807) is 78.0 Å². The van der Waals surface area contributed by atoms with Crippen LogP contribution in [0.25, 0.3) is 22.5 Å². The van der Waals surface area contributed by atoms with Gasteiger partial charge in [-0.05, 0) is 136 Å². The number of hydrogen-bond donors (Lipinski definition) is 7. The van der Waals surface area contributed by atoms with Crippen LogP contribution in [0.15, 0.2) is 111 Å². The molecule has 0 saturated carbocycles. The van der Waals surface area contributed by atoms with Gasteiger partial charge in [0.2, 0.25) is 11.1 Å². The highest BCUT2D eigenvalue weighted by Gasteiger charge is 2.33. The largest absolute Gasteiger partial charge is 0.364 e. The van der Waals surface area contributed by atoms with Gasteiger partial charge in [-0.2, -0.15) is 0 Å². The summed E-state index contributed by atoms with van der Waals surface area (Å²) in [5.74, 6) is 12.1. The van der Waals surface area contributed by atoms with Crippen LogP contribution in [-0.4, -0.2) is 82.1 Å². The first kappa shape index (κ1) is 54.5. The number of carbonyl (C=O) groups is 6. The highest BCUT2D eigenvalue weighted by atomic mass is 35.5. The van der Waals surface area contributed by atoms with Gasteiger partial charge in [-0.3, -0.25) is 28.8 Å². The second-order valence-corrected chi connectivity index (χ2v) is 16.9. The zero-order valence-corrected chi connectivity index (χ0v) is 40.0. The normalized spacial score (nSPS) is 14.9. The van der Waals surface area contributed by atoms with Gasteiger partial charge in [-0.25, -0.2) is 29.3 Å². The number of pyridine rings is 2. The Hall–Kier alpha value is -8.49. The lowest BCUT2D eigenvalue weighted by Crippen LogP contribution is -2.39. The molecule has 21 heteroatoms. The van der Waals surface area contributed by atoms with Crippen molar-refractivity contribution in [3.63, 3.8) is 0 Å². The maximum atomic E-state index is 12.6. The number of benzene rings is 2. The molecule has 2 atom stereocenters. The number of primary amides is 2. The molecular formula is C51H59ClN14O6. The third kappa shape index (κ3) is 13.2. The molecule has 376 valence electrons. The minimum atomic E-state index is -0.744. The zero-order valence-electron chi connectivity index (χ0n) is 39.2. The van der Waals surface area contributed by atoms with Crippen molar-refractivity contribution in [1.29, 1.82) is 0 Å². The van der Waals surface area contributed by atoms with E-state index in [2.05, 4.69) is 49.0 Å². The molecule has 2 aliphatic rings. The molecule has 8 rings (SSSR count). The van der Waals surface area contributed by atoms with E-state index in [4.69, 9.17) is 34.8 Å². The first-order valence-corrected chi connectivity index (χ1v) is 22.9. The number of nitrogen functional groups attached to an aromatic ring is 2. The summed E-state index contributed by atoms with van der Waals surface area (Å²) >= 11 is 4.71. The summed E-state index contributed by atoms with van der Waals surface area (Å²) in [6.07, 6.45) is 11.0. The van der Waals surface area contributed by atoms with Gasteiger partial charge in [0.1, 0.15) is 28.8 Å². The summed E-state index contributed by atoms with van der Waals surface area (Å²) in [4.78, 5) is 90.7. The van der Waals surface area contributed by atoms with E-state index in [1.807, 2.05) is 26.0 Å². The van der Waals surface area contributed by atoms with Crippen molar-refractivity contribution < 1.29 is 28.8 Å². The van der Waals surface area contributed by atoms with Gasteiger partial charge >= 0.3 is 0 Å². The monoisotopic (exact) mass is 998 g/mol. The Morgan fingerprint density at radius 3 is 1.56 bits per heavy atom. The van der Waals surface area contributed by atoms with Crippen molar-refractivity contribution >= 4 is 58.0 Å². The van der Waals surface area contributed by atoms with Gasteiger partial charge in [0.05, 0.1) is 12.1 Å². The number of amides is 5. The predicted molar refractivity (Wildman–Crippen MR) is 277 cm³/mol. The second kappa shape index (κ2) is 24.9. The molecule has 6 heterocycles. The Morgan fingerprint density at radius 1 is 0.681 bits per heavy atom. The fourth-order valence-corrected chi connectivity index (χ4v) is 8.05. The number of imidazole rings is 2. The molecule has 0 bridgehead atoms. The van der Waals surface area contributed by atoms with Crippen molar-refractivity contribution in [2.45, 2.75) is 71.9 Å². The predicted octanol–water partition coefficient (Wildman–Crippen LogP) is 6.27.